The van der Waals surface area contributed by atoms with Crippen LogP contribution in [0.3, 0.4) is 0 Å². The first kappa shape index (κ1) is 14.0. The Morgan fingerprint density at radius 1 is 1.17 bits per heavy atom. The number of carbonyl (C=O) groups excluding carboxylic acids is 2. The van der Waals surface area contributed by atoms with Gasteiger partial charge in [0.2, 0.25) is 5.91 Å². The molecule has 0 fully saturated rings. The van der Waals surface area contributed by atoms with Crippen molar-refractivity contribution >= 4 is 29.2 Å². The van der Waals surface area contributed by atoms with Crippen molar-refractivity contribution < 1.29 is 19.5 Å². The summed E-state index contributed by atoms with van der Waals surface area (Å²) >= 11 is 1.53. The van der Waals surface area contributed by atoms with Crippen LogP contribution >= 0.6 is 11.3 Å². The molecule has 1 aromatic rings. The van der Waals surface area contributed by atoms with Crippen molar-refractivity contribution in [3.8, 4) is 0 Å². The number of thiophene rings is 1. The molecule has 0 saturated heterocycles. The van der Waals surface area contributed by atoms with Crippen LogP contribution in [0.4, 0.5) is 4.79 Å². The minimum Gasteiger partial charge on any atom is -0.480 e. The number of nitrogens with one attached hydrogen (secondary N) is 3. The Balaban J connectivity index is 2.13. The van der Waals surface area contributed by atoms with Gasteiger partial charge >= 0.3 is 12.0 Å². The molecule has 0 aliphatic rings. The molecule has 0 saturated carbocycles. The van der Waals surface area contributed by atoms with Gasteiger partial charge in [0, 0.05) is 6.54 Å². The van der Waals surface area contributed by atoms with E-state index >= 15 is 0 Å². The van der Waals surface area contributed by atoms with E-state index in [1.54, 1.807) is 0 Å². The maximum absolute atomic E-state index is 11.3. The zero-order chi connectivity index (χ0) is 13.4. The molecule has 1 aromatic heterocycles. The molecule has 18 heavy (non-hydrogen) atoms. The number of urea groups is 1. The van der Waals surface area contributed by atoms with Crippen LogP contribution in [0.25, 0.3) is 0 Å². The predicted octanol–water partition coefficient (Wildman–Crippen LogP) is -0.252. The second-order valence-electron chi connectivity index (χ2n) is 3.34. The van der Waals surface area contributed by atoms with E-state index < -0.39 is 24.5 Å². The molecule has 0 aliphatic heterocycles. The standard InChI is InChI=1S/C10H13N3O4S/c14-8(11-5-9(15)16)4-13-10(17)12-3-7-1-2-18-6-7/h1-2,6H,3-5H2,(H,11,14)(H,15,16)(H2,12,13,17). The van der Waals surface area contributed by atoms with Gasteiger partial charge in [0.25, 0.3) is 0 Å². The Bertz CT molecular complexity index is 419. The Morgan fingerprint density at radius 2 is 1.94 bits per heavy atom. The van der Waals surface area contributed by atoms with Gasteiger partial charge in [-0.1, -0.05) is 0 Å². The average Bonchev–Trinajstić information content (AvgIpc) is 2.84. The topological polar surface area (TPSA) is 108 Å². The van der Waals surface area contributed by atoms with Crippen molar-refractivity contribution in [2.75, 3.05) is 13.1 Å². The van der Waals surface area contributed by atoms with Gasteiger partial charge in [0.05, 0.1) is 6.54 Å². The van der Waals surface area contributed by atoms with Gasteiger partial charge < -0.3 is 21.1 Å². The summed E-state index contributed by atoms with van der Waals surface area (Å²) in [7, 11) is 0. The third-order valence-corrected chi connectivity index (χ3v) is 2.61. The fraction of sp³-hybridized carbons (Fsp3) is 0.300. The minimum atomic E-state index is -1.13. The van der Waals surface area contributed by atoms with E-state index in [0.717, 1.165) is 5.56 Å². The van der Waals surface area contributed by atoms with Crippen LogP contribution in [0, 0.1) is 0 Å². The molecule has 0 unspecified atom stereocenters. The lowest BCUT2D eigenvalue weighted by molar-refractivity contribution is -0.137. The second kappa shape index (κ2) is 7.28. The van der Waals surface area contributed by atoms with Gasteiger partial charge in [0.1, 0.15) is 6.54 Å². The summed E-state index contributed by atoms with van der Waals surface area (Å²) in [4.78, 5) is 32.5. The van der Waals surface area contributed by atoms with Crippen molar-refractivity contribution in [2.24, 2.45) is 0 Å². The molecule has 98 valence electrons. The highest BCUT2D eigenvalue weighted by atomic mass is 32.1. The Hall–Kier alpha value is -2.09. The molecule has 1 rings (SSSR count). The van der Waals surface area contributed by atoms with Crippen LogP contribution < -0.4 is 16.0 Å². The highest BCUT2D eigenvalue weighted by molar-refractivity contribution is 7.07. The van der Waals surface area contributed by atoms with Crippen molar-refractivity contribution in [2.45, 2.75) is 6.54 Å². The van der Waals surface area contributed by atoms with E-state index in [0.29, 0.717) is 6.54 Å². The smallest absolute Gasteiger partial charge is 0.322 e. The molecule has 0 atom stereocenters. The molecule has 8 heteroatoms. The highest BCUT2D eigenvalue weighted by Crippen LogP contribution is 2.04. The molecule has 7 nitrogen and oxygen atoms in total. The maximum atomic E-state index is 11.3. The molecule has 0 spiro atoms. The molecule has 1 heterocycles. The number of carbonyl (C=O) groups is 3. The van der Waals surface area contributed by atoms with Crippen molar-refractivity contribution in [3.63, 3.8) is 0 Å². The summed E-state index contributed by atoms with van der Waals surface area (Å²) in [6.45, 7) is -0.341. The van der Waals surface area contributed by atoms with Gasteiger partial charge in [-0.25, -0.2) is 4.79 Å². The zero-order valence-electron chi connectivity index (χ0n) is 9.43. The van der Waals surface area contributed by atoms with Gasteiger partial charge in [-0.2, -0.15) is 11.3 Å². The molecule has 0 aliphatic carbocycles. The van der Waals surface area contributed by atoms with E-state index in [1.807, 2.05) is 16.8 Å². The van der Waals surface area contributed by atoms with Crippen molar-refractivity contribution in [1.29, 1.82) is 0 Å². The highest BCUT2D eigenvalue weighted by Gasteiger charge is 2.06. The number of aliphatic carboxylic acids is 1. The maximum Gasteiger partial charge on any atom is 0.322 e. The molecule has 0 radical (unpaired) electrons. The number of carboxylic acids is 1. The van der Waals surface area contributed by atoms with Crippen LogP contribution in [0.1, 0.15) is 5.56 Å². The lowest BCUT2D eigenvalue weighted by Gasteiger charge is -2.06. The van der Waals surface area contributed by atoms with Crippen LogP contribution in [0.15, 0.2) is 16.8 Å². The van der Waals surface area contributed by atoms with E-state index in [9.17, 15) is 14.4 Å². The van der Waals surface area contributed by atoms with Gasteiger partial charge in [-0.05, 0) is 22.4 Å². The molecule has 0 bridgehead atoms. The normalized spacial score (nSPS) is 9.56. The number of hydrogen-bond donors (Lipinski definition) is 4. The lowest BCUT2D eigenvalue weighted by atomic mass is 10.3. The van der Waals surface area contributed by atoms with Crippen molar-refractivity contribution in [3.05, 3.63) is 22.4 Å². The first-order chi connectivity index (χ1) is 8.58. The van der Waals surface area contributed by atoms with Crippen LogP contribution in [-0.2, 0) is 16.1 Å². The van der Waals surface area contributed by atoms with Gasteiger partial charge in [0.15, 0.2) is 0 Å². The third kappa shape index (κ3) is 5.85. The number of rotatable bonds is 6. The summed E-state index contributed by atoms with van der Waals surface area (Å²) in [6, 6.07) is 1.40. The SMILES string of the molecule is O=C(O)CNC(=O)CNC(=O)NCc1ccsc1. The second-order valence-corrected chi connectivity index (χ2v) is 4.12. The number of carboxylic acid groups (broad SMARTS) is 1. The van der Waals surface area contributed by atoms with E-state index in [2.05, 4.69) is 16.0 Å². The van der Waals surface area contributed by atoms with Crippen molar-refractivity contribution in [1.82, 2.24) is 16.0 Å². The average molecular weight is 271 g/mol. The summed E-state index contributed by atoms with van der Waals surface area (Å²) in [5.41, 5.74) is 0.977. The molecule has 0 aromatic carbocycles. The fourth-order valence-electron chi connectivity index (χ4n) is 1.04. The summed E-state index contributed by atoms with van der Waals surface area (Å²) in [5, 5.41) is 19.1. The quantitative estimate of drug-likeness (QED) is 0.572. The molecule has 3 amide bonds. The largest absolute Gasteiger partial charge is 0.480 e. The summed E-state index contributed by atoms with van der Waals surface area (Å²) in [5.74, 6) is -1.69. The lowest BCUT2D eigenvalue weighted by Crippen LogP contribution is -2.42. The molecular weight excluding hydrogens is 258 g/mol. The minimum absolute atomic E-state index is 0.261. The van der Waals surface area contributed by atoms with E-state index in [1.165, 1.54) is 11.3 Å². The Morgan fingerprint density at radius 3 is 2.56 bits per heavy atom. The summed E-state index contributed by atoms with van der Waals surface area (Å²) in [6.07, 6.45) is 0. The Labute approximate surface area is 107 Å². The van der Waals surface area contributed by atoms with Crippen LogP contribution in [-0.4, -0.2) is 36.1 Å². The van der Waals surface area contributed by atoms with Crippen LogP contribution in [0.5, 0.6) is 0 Å². The zero-order valence-corrected chi connectivity index (χ0v) is 10.3. The predicted molar refractivity (Wildman–Crippen MR) is 65.2 cm³/mol. The fourth-order valence-corrected chi connectivity index (χ4v) is 1.70. The number of hydrogen-bond acceptors (Lipinski definition) is 4. The van der Waals surface area contributed by atoms with Gasteiger partial charge in [-0.15, -0.1) is 0 Å². The third-order valence-electron chi connectivity index (χ3n) is 1.88. The number of amides is 3. The van der Waals surface area contributed by atoms with E-state index in [-0.39, 0.29) is 6.54 Å². The molecular formula is C10H13N3O4S. The first-order valence-corrected chi connectivity index (χ1v) is 6.03. The monoisotopic (exact) mass is 271 g/mol. The van der Waals surface area contributed by atoms with Gasteiger partial charge in [-0.3, -0.25) is 9.59 Å². The summed E-state index contributed by atoms with van der Waals surface area (Å²) < 4.78 is 0. The van der Waals surface area contributed by atoms with E-state index in [4.69, 9.17) is 5.11 Å². The molecule has 4 N–H and O–H groups in total. The first-order valence-electron chi connectivity index (χ1n) is 5.09. The Kier molecular flexibility index (Phi) is 5.65. The van der Waals surface area contributed by atoms with Crippen LogP contribution in [0.2, 0.25) is 0 Å².